The summed E-state index contributed by atoms with van der Waals surface area (Å²) >= 11 is 0. The van der Waals surface area contributed by atoms with Gasteiger partial charge in [-0.3, -0.25) is 9.59 Å². The molecule has 0 fully saturated rings. The molecule has 130 valence electrons. The molecule has 0 aliphatic carbocycles. The van der Waals surface area contributed by atoms with Crippen molar-refractivity contribution in [2.75, 3.05) is 23.3 Å². The quantitative estimate of drug-likeness (QED) is 0.868. The van der Waals surface area contributed by atoms with Crippen LogP contribution in [0.1, 0.15) is 29.8 Å². The number of nitrogens with zero attached hydrogens (tertiary/aromatic N) is 1. The number of ketones is 1. The Balaban J connectivity index is 1.79. The highest BCUT2D eigenvalue weighted by Crippen LogP contribution is 2.34. The number of rotatable bonds is 4. The Morgan fingerprint density at radius 3 is 2.76 bits per heavy atom. The minimum atomic E-state index is -0.0983. The lowest BCUT2D eigenvalue weighted by atomic mass is 10.1. The summed E-state index contributed by atoms with van der Waals surface area (Å²) in [5.41, 5.74) is 3.27. The van der Waals surface area contributed by atoms with E-state index in [0.29, 0.717) is 17.9 Å². The molecule has 3 rings (SSSR count). The lowest BCUT2D eigenvalue weighted by molar-refractivity contribution is -0.115. The lowest BCUT2D eigenvalue weighted by Gasteiger charge is -2.34. The van der Waals surface area contributed by atoms with Gasteiger partial charge in [0.2, 0.25) is 5.91 Å². The number of benzene rings is 2. The molecule has 5 nitrogen and oxygen atoms in total. The first-order valence-corrected chi connectivity index (χ1v) is 8.35. The van der Waals surface area contributed by atoms with Gasteiger partial charge in [0.1, 0.15) is 11.9 Å². The molecule has 25 heavy (non-hydrogen) atoms. The van der Waals surface area contributed by atoms with Crippen molar-refractivity contribution >= 4 is 23.1 Å². The summed E-state index contributed by atoms with van der Waals surface area (Å²) < 4.78 is 5.83. The summed E-state index contributed by atoms with van der Waals surface area (Å²) in [7, 11) is 0. The van der Waals surface area contributed by atoms with Crippen LogP contribution in [0, 0.1) is 6.92 Å². The number of anilines is 2. The Bertz CT molecular complexity index is 816. The molecule has 1 heterocycles. The van der Waals surface area contributed by atoms with Crippen LogP contribution in [0.3, 0.4) is 0 Å². The second-order valence-corrected chi connectivity index (χ2v) is 6.47. The minimum Gasteiger partial charge on any atom is -0.487 e. The van der Waals surface area contributed by atoms with Crippen LogP contribution in [0.15, 0.2) is 42.5 Å². The van der Waals surface area contributed by atoms with Gasteiger partial charge in [0, 0.05) is 11.3 Å². The first-order valence-electron chi connectivity index (χ1n) is 8.35. The van der Waals surface area contributed by atoms with Gasteiger partial charge in [-0.1, -0.05) is 12.1 Å². The topological polar surface area (TPSA) is 58.6 Å². The predicted molar refractivity (Wildman–Crippen MR) is 98.6 cm³/mol. The van der Waals surface area contributed by atoms with Gasteiger partial charge < -0.3 is 15.0 Å². The van der Waals surface area contributed by atoms with Crippen molar-refractivity contribution in [2.24, 2.45) is 0 Å². The van der Waals surface area contributed by atoms with Gasteiger partial charge in [0.25, 0.3) is 0 Å². The number of amides is 1. The number of fused-ring (bicyclic) bond motifs is 1. The number of nitrogens with one attached hydrogen (secondary N) is 1. The molecule has 1 atom stereocenters. The van der Waals surface area contributed by atoms with E-state index in [2.05, 4.69) is 5.32 Å². The molecule has 5 heteroatoms. The SMILES string of the molecule is CC(=O)c1ccc2c(c1)N(CC(=O)Nc1cccc(C)c1)CC(C)O2. The molecule has 1 amide bonds. The second-order valence-electron chi connectivity index (χ2n) is 6.47. The molecule has 0 radical (unpaired) electrons. The van der Waals surface area contributed by atoms with E-state index >= 15 is 0 Å². The molecular formula is C20H22N2O3. The molecule has 2 aromatic carbocycles. The first kappa shape index (κ1) is 17.0. The van der Waals surface area contributed by atoms with Crippen LogP contribution < -0.4 is 15.0 Å². The molecule has 0 spiro atoms. The molecule has 1 aliphatic heterocycles. The Labute approximate surface area is 147 Å². The lowest BCUT2D eigenvalue weighted by Crippen LogP contribution is -2.42. The highest BCUT2D eigenvalue weighted by atomic mass is 16.5. The van der Waals surface area contributed by atoms with Gasteiger partial charge in [-0.05, 0) is 56.7 Å². The first-order chi connectivity index (χ1) is 11.9. The maximum Gasteiger partial charge on any atom is 0.243 e. The van der Waals surface area contributed by atoms with Gasteiger partial charge in [0.05, 0.1) is 18.8 Å². The summed E-state index contributed by atoms with van der Waals surface area (Å²) in [6.45, 7) is 6.28. The summed E-state index contributed by atoms with van der Waals surface area (Å²) in [6, 6.07) is 13.0. The van der Waals surface area contributed by atoms with Crippen molar-refractivity contribution in [1.29, 1.82) is 0 Å². The number of hydrogen-bond acceptors (Lipinski definition) is 4. The zero-order chi connectivity index (χ0) is 18.0. The Morgan fingerprint density at radius 1 is 1.24 bits per heavy atom. The average Bonchev–Trinajstić information content (AvgIpc) is 2.54. The Hall–Kier alpha value is -2.82. The van der Waals surface area contributed by atoms with E-state index in [1.54, 1.807) is 18.2 Å². The number of carbonyl (C=O) groups excluding carboxylic acids is 2. The minimum absolute atomic E-state index is 0.00872. The third kappa shape index (κ3) is 3.99. The summed E-state index contributed by atoms with van der Waals surface area (Å²) in [5, 5.41) is 2.92. The standard InChI is InChI=1S/C20H22N2O3/c1-13-5-4-6-17(9-13)21-20(24)12-22-11-14(2)25-19-8-7-16(15(3)23)10-18(19)22/h4-10,14H,11-12H2,1-3H3,(H,21,24). The summed E-state index contributed by atoms with van der Waals surface area (Å²) in [6.07, 6.45) is -0.0255. The van der Waals surface area contributed by atoms with Crippen LogP contribution in [0.5, 0.6) is 5.75 Å². The van der Waals surface area contributed by atoms with Gasteiger partial charge in [-0.25, -0.2) is 0 Å². The van der Waals surface area contributed by atoms with Crippen LogP contribution in [0.25, 0.3) is 0 Å². The van der Waals surface area contributed by atoms with Crippen LogP contribution in [0.4, 0.5) is 11.4 Å². The van der Waals surface area contributed by atoms with Crippen molar-refractivity contribution in [3.05, 3.63) is 53.6 Å². The summed E-state index contributed by atoms with van der Waals surface area (Å²) in [5.74, 6) is 0.594. The van der Waals surface area contributed by atoms with Crippen LogP contribution in [-0.4, -0.2) is 30.9 Å². The normalized spacial score (nSPS) is 16.0. The van der Waals surface area contributed by atoms with Crippen molar-refractivity contribution in [2.45, 2.75) is 26.9 Å². The molecule has 0 saturated heterocycles. The van der Waals surface area contributed by atoms with Crippen LogP contribution >= 0.6 is 0 Å². The van der Waals surface area contributed by atoms with Gasteiger partial charge in [-0.2, -0.15) is 0 Å². The smallest absolute Gasteiger partial charge is 0.243 e. The van der Waals surface area contributed by atoms with Crippen molar-refractivity contribution in [3.8, 4) is 5.75 Å². The Kier molecular flexibility index (Phi) is 4.74. The van der Waals surface area contributed by atoms with Crippen LogP contribution in [-0.2, 0) is 4.79 Å². The molecule has 0 bridgehead atoms. The van der Waals surface area contributed by atoms with Crippen molar-refractivity contribution in [1.82, 2.24) is 0 Å². The second kappa shape index (κ2) is 6.97. The van der Waals surface area contributed by atoms with E-state index < -0.39 is 0 Å². The van der Waals surface area contributed by atoms with Crippen molar-refractivity contribution < 1.29 is 14.3 Å². The van der Waals surface area contributed by atoms with Gasteiger partial charge in [0.15, 0.2) is 5.78 Å². The van der Waals surface area contributed by atoms with Crippen molar-refractivity contribution in [3.63, 3.8) is 0 Å². The van der Waals surface area contributed by atoms with Crippen LogP contribution in [0.2, 0.25) is 0 Å². The fourth-order valence-corrected chi connectivity index (χ4v) is 2.99. The predicted octanol–water partition coefficient (Wildman–Crippen LogP) is 3.42. The summed E-state index contributed by atoms with van der Waals surface area (Å²) in [4.78, 5) is 26.1. The van der Waals surface area contributed by atoms with E-state index in [1.165, 1.54) is 6.92 Å². The highest BCUT2D eigenvalue weighted by molar-refractivity contribution is 5.97. The Morgan fingerprint density at radius 2 is 2.04 bits per heavy atom. The fourth-order valence-electron chi connectivity index (χ4n) is 2.99. The number of carbonyl (C=O) groups is 2. The average molecular weight is 338 g/mol. The number of aryl methyl sites for hydroxylation is 1. The molecule has 1 aliphatic rings. The third-order valence-electron chi connectivity index (χ3n) is 4.15. The number of ether oxygens (including phenoxy) is 1. The molecule has 0 aromatic heterocycles. The molecule has 0 saturated carbocycles. The van der Waals surface area contributed by atoms with E-state index in [4.69, 9.17) is 4.74 Å². The maximum atomic E-state index is 12.5. The zero-order valence-corrected chi connectivity index (χ0v) is 14.7. The largest absolute Gasteiger partial charge is 0.487 e. The van der Waals surface area contributed by atoms with E-state index in [1.807, 2.05) is 43.0 Å². The van der Waals surface area contributed by atoms with Gasteiger partial charge >= 0.3 is 0 Å². The monoisotopic (exact) mass is 338 g/mol. The fraction of sp³-hybridized carbons (Fsp3) is 0.300. The van der Waals surface area contributed by atoms with E-state index in [9.17, 15) is 9.59 Å². The highest BCUT2D eigenvalue weighted by Gasteiger charge is 2.25. The molecule has 1 unspecified atom stereocenters. The van der Waals surface area contributed by atoms with E-state index in [-0.39, 0.29) is 24.3 Å². The third-order valence-corrected chi connectivity index (χ3v) is 4.15. The molecule has 1 N–H and O–H groups in total. The molecular weight excluding hydrogens is 316 g/mol. The van der Waals surface area contributed by atoms with Gasteiger partial charge in [-0.15, -0.1) is 0 Å². The maximum absolute atomic E-state index is 12.5. The number of hydrogen-bond donors (Lipinski definition) is 1. The zero-order valence-electron chi connectivity index (χ0n) is 14.7. The molecule has 2 aromatic rings. The number of Topliss-reactive ketones (excluding diaryl/α,β-unsaturated/α-hetero) is 1. The van der Waals surface area contributed by atoms with E-state index in [0.717, 1.165) is 16.9 Å².